The predicted octanol–water partition coefficient (Wildman–Crippen LogP) is 6.36. The molecule has 4 aliphatic rings. The van der Waals surface area contributed by atoms with E-state index in [4.69, 9.17) is 19.5 Å². The number of cyclic esters (lactones) is 1. The number of rotatable bonds is 11. The van der Waals surface area contributed by atoms with E-state index < -0.39 is 24.4 Å². The van der Waals surface area contributed by atoms with Gasteiger partial charge in [0.05, 0.1) is 71.6 Å². The third kappa shape index (κ3) is 8.17. The molecule has 0 unspecified atom stereocenters. The van der Waals surface area contributed by atoms with Gasteiger partial charge in [0, 0.05) is 44.6 Å². The van der Waals surface area contributed by atoms with Crippen LogP contribution in [-0.4, -0.2) is 103 Å². The van der Waals surface area contributed by atoms with E-state index in [0.29, 0.717) is 95.8 Å². The molecule has 300 valence electrons. The van der Waals surface area contributed by atoms with E-state index in [1.807, 2.05) is 51.9 Å². The van der Waals surface area contributed by atoms with Gasteiger partial charge in [0.1, 0.15) is 23.4 Å². The number of piperazine rings is 1. The van der Waals surface area contributed by atoms with Crippen LogP contribution in [0, 0.1) is 5.82 Å². The second kappa shape index (κ2) is 16.2. The fraction of sp³-hybridized carbons (Fsp3) is 0.268. The molecule has 1 amide bonds. The first-order valence-corrected chi connectivity index (χ1v) is 18.5. The number of alkyl halides is 3. The Bertz CT molecular complexity index is 2470. The Kier molecular flexibility index (Phi) is 10.7. The van der Waals surface area contributed by atoms with Gasteiger partial charge < -0.3 is 34.1 Å². The maximum Gasteiger partial charge on any atom is 0.573 e. The molecule has 2 fully saturated rings. The molecule has 8 rings (SSSR count). The molecule has 2 saturated heterocycles. The second-order valence-corrected chi connectivity index (χ2v) is 13.7. The highest BCUT2D eigenvalue weighted by Crippen LogP contribution is 2.33. The summed E-state index contributed by atoms with van der Waals surface area (Å²) in [5.74, 6) is -0.402. The molecule has 0 spiro atoms. The van der Waals surface area contributed by atoms with Crippen molar-refractivity contribution in [3.05, 3.63) is 108 Å². The van der Waals surface area contributed by atoms with Gasteiger partial charge in [0.15, 0.2) is 0 Å². The molecule has 58 heavy (non-hydrogen) atoms. The Hall–Kier alpha value is -6.46. The van der Waals surface area contributed by atoms with Crippen LogP contribution in [0.3, 0.4) is 0 Å². The summed E-state index contributed by atoms with van der Waals surface area (Å²) < 4.78 is 70.9. The molecule has 13 nitrogen and oxygen atoms in total. The van der Waals surface area contributed by atoms with E-state index >= 15 is 4.39 Å². The number of halogens is 4. The minimum absolute atomic E-state index is 0.151. The molecular weight excluding hydrogens is 760 g/mol. The molecular formula is C41H38F4N8O5. The van der Waals surface area contributed by atoms with Crippen molar-refractivity contribution in [3.8, 4) is 28.7 Å². The van der Waals surface area contributed by atoms with Crippen LogP contribution >= 0.6 is 0 Å². The van der Waals surface area contributed by atoms with Crippen LogP contribution in [0.4, 0.5) is 45.1 Å². The van der Waals surface area contributed by atoms with Crippen LogP contribution in [0.5, 0.6) is 11.6 Å². The number of aliphatic hydroxyl groups excluding tert-OH is 1. The summed E-state index contributed by atoms with van der Waals surface area (Å²) in [5.41, 5.74) is 5.33. The first-order valence-electron chi connectivity index (χ1n) is 18.5. The Morgan fingerprint density at radius 3 is 2.45 bits per heavy atom. The van der Waals surface area contributed by atoms with E-state index in [-0.39, 0.29) is 18.9 Å². The normalized spacial score (nSPS) is 16.6. The number of amides is 1. The summed E-state index contributed by atoms with van der Waals surface area (Å²) >= 11 is 0. The number of hydrogen-bond acceptors (Lipinski definition) is 11. The Labute approximate surface area is 329 Å². The van der Waals surface area contributed by atoms with E-state index in [1.165, 1.54) is 30.2 Å². The van der Waals surface area contributed by atoms with Crippen molar-refractivity contribution in [2.24, 2.45) is 4.99 Å². The average molecular weight is 799 g/mol. The van der Waals surface area contributed by atoms with Crippen molar-refractivity contribution in [1.29, 1.82) is 0 Å². The highest BCUT2D eigenvalue weighted by Gasteiger charge is 2.33. The summed E-state index contributed by atoms with van der Waals surface area (Å²) in [7, 11) is 1.53. The van der Waals surface area contributed by atoms with Gasteiger partial charge in [-0.05, 0) is 78.9 Å². The van der Waals surface area contributed by atoms with Crippen LogP contribution in [0.2, 0.25) is 0 Å². The molecule has 2 N–H and O–H groups in total. The van der Waals surface area contributed by atoms with Crippen LogP contribution in [-0.2, 0) is 4.74 Å². The molecule has 0 radical (unpaired) electrons. The number of aromatic nitrogens is 3. The van der Waals surface area contributed by atoms with Crippen LogP contribution in [0.15, 0.2) is 102 Å². The number of carbonyl (C=O) groups excluding carboxylic acids is 1. The summed E-state index contributed by atoms with van der Waals surface area (Å²) in [5, 5.41) is 13.4. The second-order valence-electron chi connectivity index (χ2n) is 13.7. The fourth-order valence-electron chi connectivity index (χ4n) is 7.21. The number of hydrogen-bond donors (Lipinski definition) is 2. The van der Waals surface area contributed by atoms with Crippen molar-refractivity contribution in [2.75, 3.05) is 74.6 Å². The van der Waals surface area contributed by atoms with Gasteiger partial charge in [-0.25, -0.2) is 19.2 Å². The molecule has 1 aromatic heterocycles. The number of ether oxygens (including phenoxy) is 3. The number of anilines is 4. The third-order valence-corrected chi connectivity index (χ3v) is 9.99. The summed E-state index contributed by atoms with van der Waals surface area (Å²) in [6.45, 7) is 3.34. The van der Waals surface area contributed by atoms with Crippen molar-refractivity contribution < 1.29 is 41.7 Å². The fourth-order valence-corrected chi connectivity index (χ4v) is 7.21. The van der Waals surface area contributed by atoms with Crippen molar-refractivity contribution in [1.82, 2.24) is 19.4 Å². The monoisotopic (exact) mass is 798 g/mol. The first-order chi connectivity index (χ1) is 28.1. The number of benzene rings is 4. The number of nitrogens with zero attached hydrogens (tertiary/aromatic N) is 7. The minimum atomic E-state index is -4.82. The Morgan fingerprint density at radius 2 is 1.72 bits per heavy atom. The number of para-hydroxylation sites is 2. The molecule has 1 atom stereocenters. The van der Waals surface area contributed by atoms with E-state index in [1.54, 1.807) is 36.5 Å². The van der Waals surface area contributed by atoms with E-state index in [0.717, 1.165) is 5.52 Å². The molecule has 1 aliphatic carbocycles. The molecule has 17 heteroatoms. The molecule has 4 aromatic rings. The van der Waals surface area contributed by atoms with Crippen molar-refractivity contribution in [3.63, 3.8) is 0 Å². The molecule has 3 aliphatic heterocycles. The van der Waals surface area contributed by atoms with Gasteiger partial charge in [-0.2, -0.15) is 0 Å². The molecule has 0 saturated carbocycles. The average Bonchev–Trinajstić information content (AvgIpc) is 3.61. The van der Waals surface area contributed by atoms with E-state index in [2.05, 4.69) is 19.9 Å². The predicted molar refractivity (Wildman–Crippen MR) is 209 cm³/mol. The maximum absolute atomic E-state index is 15.4. The topological polar surface area (TPSA) is 130 Å². The number of nitrogens with one attached hydrogen (secondary N) is 1. The lowest BCUT2D eigenvalue weighted by molar-refractivity contribution is -0.274. The van der Waals surface area contributed by atoms with Crippen LogP contribution in [0.1, 0.15) is 0 Å². The van der Waals surface area contributed by atoms with Gasteiger partial charge >= 0.3 is 12.5 Å². The number of carbonyl (C=O) groups is 1. The van der Waals surface area contributed by atoms with Crippen LogP contribution < -0.4 is 29.9 Å². The van der Waals surface area contributed by atoms with Gasteiger partial charge in [-0.15, -0.1) is 13.2 Å². The number of pyridine rings is 1. The number of methoxy groups -OCH3 is 1. The van der Waals surface area contributed by atoms with Crippen molar-refractivity contribution >= 4 is 39.9 Å². The molecule has 4 heterocycles. The number of aliphatic hydroxyl groups is 1. The quantitative estimate of drug-likeness (QED) is 0.113. The van der Waals surface area contributed by atoms with Crippen LogP contribution in [0.25, 0.3) is 28.1 Å². The molecule has 3 aromatic carbocycles. The summed E-state index contributed by atoms with van der Waals surface area (Å²) in [6.07, 6.45) is -4.46. The standard InChI is InChI=1S/C41H38F4N8O5/c1-56-39-32(6-4-14-47-39)49-34-22-35-38(53(37-7-3-2-5-31(37)48-35)26-8-11-28(12-9-26)58-41(43,44)45)23-33(34)46-15-16-50-17-19-51(20-18-50)36-13-10-27(21-30(36)42)52-24-29(25-54)57-40(52)55/h2-14,21-23,29,49,54H,15-20,24-25H2,1H3/t29-/m1/s1. The lowest BCUT2D eigenvalue weighted by Gasteiger charge is -2.36. The Balaban J connectivity index is 1.06. The zero-order valence-corrected chi connectivity index (χ0v) is 31.2. The van der Waals surface area contributed by atoms with Gasteiger partial charge in [0.2, 0.25) is 5.88 Å². The van der Waals surface area contributed by atoms with Crippen molar-refractivity contribution in [2.45, 2.75) is 12.5 Å². The summed E-state index contributed by atoms with van der Waals surface area (Å²) in [4.78, 5) is 32.0. The number of fused-ring (bicyclic) bond motifs is 2. The van der Waals surface area contributed by atoms with E-state index in [9.17, 15) is 23.1 Å². The SMILES string of the molecule is COc1ncccc1Nc1cc2nc3ccccc3n(-c3ccc(OC(F)(F)F)cc3)c-2cc1=NCCN1CCN(c2ccc(N3C[C@H](CO)OC3=O)cc2F)CC1. The highest BCUT2D eigenvalue weighted by atomic mass is 19.4. The highest BCUT2D eigenvalue weighted by molar-refractivity contribution is 5.90. The Morgan fingerprint density at radius 1 is 0.948 bits per heavy atom. The summed E-state index contributed by atoms with van der Waals surface area (Å²) in [6, 6.07) is 25.2. The zero-order valence-electron chi connectivity index (χ0n) is 31.2. The minimum Gasteiger partial charge on any atom is -0.480 e. The zero-order chi connectivity index (χ0) is 40.4. The first kappa shape index (κ1) is 38.4. The van der Waals surface area contributed by atoms with Gasteiger partial charge in [-0.1, -0.05) is 12.1 Å². The lowest BCUT2D eigenvalue weighted by atomic mass is 10.1. The lowest BCUT2D eigenvalue weighted by Crippen LogP contribution is -2.47. The molecule has 0 bridgehead atoms. The van der Waals surface area contributed by atoms with Gasteiger partial charge in [-0.3, -0.25) is 14.8 Å². The van der Waals surface area contributed by atoms with Gasteiger partial charge in [0.25, 0.3) is 0 Å². The largest absolute Gasteiger partial charge is 0.573 e. The maximum atomic E-state index is 15.4. The third-order valence-electron chi connectivity index (χ3n) is 9.99. The smallest absolute Gasteiger partial charge is 0.480 e.